The van der Waals surface area contributed by atoms with Crippen molar-refractivity contribution in [3.63, 3.8) is 0 Å². The first-order valence-electron chi connectivity index (χ1n) is 7.32. The summed E-state index contributed by atoms with van der Waals surface area (Å²) in [5.41, 5.74) is 3.52. The van der Waals surface area contributed by atoms with E-state index in [4.69, 9.17) is 0 Å². The molecule has 0 bridgehead atoms. The Labute approximate surface area is 134 Å². The molecule has 0 saturated heterocycles. The third-order valence-corrected chi connectivity index (χ3v) is 4.42. The molecule has 2 aliphatic rings. The molecule has 22 heavy (non-hydrogen) atoms. The first-order chi connectivity index (χ1) is 10.9. The lowest BCUT2D eigenvalue weighted by atomic mass is 10.1. The second kappa shape index (κ2) is 5.85. The van der Waals surface area contributed by atoms with Crippen molar-refractivity contribution < 1.29 is 0 Å². The van der Waals surface area contributed by atoms with Crippen molar-refractivity contribution in [3.8, 4) is 0 Å². The Bertz CT molecular complexity index is 758. The first-order valence-corrected chi connectivity index (χ1v) is 8.26. The van der Waals surface area contributed by atoms with E-state index in [1.165, 1.54) is 5.56 Å². The molecule has 0 saturated carbocycles. The third kappa shape index (κ3) is 2.60. The molecular formula is C17H16N4S. The Morgan fingerprint density at radius 1 is 1.18 bits per heavy atom. The molecule has 0 unspecified atom stereocenters. The zero-order valence-electron chi connectivity index (χ0n) is 12.1. The lowest BCUT2D eigenvalue weighted by molar-refractivity contribution is 0.594. The van der Waals surface area contributed by atoms with Gasteiger partial charge in [0.05, 0.1) is 12.7 Å². The maximum atomic E-state index is 4.61. The van der Waals surface area contributed by atoms with Crippen molar-refractivity contribution in [2.75, 3.05) is 12.3 Å². The van der Waals surface area contributed by atoms with E-state index in [1.807, 2.05) is 16.9 Å². The van der Waals surface area contributed by atoms with Gasteiger partial charge in [-0.3, -0.25) is 4.68 Å². The van der Waals surface area contributed by atoms with Crippen molar-refractivity contribution in [2.24, 2.45) is 4.40 Å². The normalized spacial score (nSPS) is 17.0. The fourth-order valence-corrected chi connectivity index (χ4v) is 3.35. The average molecular weight is 308 g/mol. The first kappa shape index (κ1) is 13.4. The summed E-state index contributed by atoms with van der Waals surface area (Å²) in [4.78, 5) is 2.21. The summed E-state index contributed by atoms with van der Waals surface area (Å²) in [6, 6.07) is 10.4. The molecule has 0 aliphatic carbocycles. The van der Waals surface area contributed by atoms with Crippen LogP contribution >= 0.6 is 11.9 Å². The summed E-state index contributed by atoms with van der Waals surface area (Å²) >= 11 is 1.63. The molecule has 0 spiro atoms. The highest BCUT2D eigenvalue weighted by Crippen LogP contribution is 2.26. The van der Waals surface area contributed by atoms with E-state index in [2.05, 4.69) is 63.2 Å². The third-order valence-electron chi connectivity index (χ3n) is 3.75. The summed E-state index contributed by atoms with van der Waals surface area (Å²) in [7, 11) is 0. The van der Waals surface area contributed by atoms with Gasteiger partial charge in [-0.1, -0.05) is 30.3 Å². The van der Waals surface area contributed by atoms with Crippen LogP contribution in [0, 0.1) is 0 Å². The lowest BCUT2D eigenvalue weighted by Crippen LogP contribution is -2.32. The zero-order chi connectivity index (χ0) is 14.8. The second-order valence-electron chi connectivity index (χ2n) is 5.28. The number of hydrogen-bond acceptors (Lipinski definition) is 4. The van der Waals surface area contributed by atoms with Crippen LogP contribution in [0.5, 0.6) is 0 Å². The van der Waals surface area contributed by atoms with Gasteiger partial charge in [-0.2, -0.15) is 9.50 Å². The van der Waals surface area contributed by atoms with Gasteiger partial charge >= 0.3 is 0 Å². The van der Waals surface area contributed by atoms with Gasteiger partial charge in [0, 0.05) is 35.8 Å². The van der Waals surface area contributed by atoms with E-state index in [-0.39, 0.29) is 0 Å². The molecule has 0 N–H and O–H groups in total. The van der Waals surface area contributed by atoms with E-state index in [0.29, 0.717) is 0 Å². The van der Waals surface area contributed by atoms with Crippen LogP contribution in [-0.4, -0.2) is 32.8 Å². The van der Waals surface area contributed by atoms with Crippen LogP contribution in [0.2, 0.25) is 0 Å². The average Bonchev–Trinajstić information content (AvgIpc) is 3.03. The summed E-state index contributed by atoms with van der Waals surface area (Å²) in [6.45, 7) is 1.80. The van der Waals surface area contributed by atoms with Crippen molar-refractivity contribution in [3.05, 3.63) is 72.2 Å². The highest BCUT2D eigenvalue weighted by molar-refractivity contribution is 7.98. The van der Waals surface area contributed by atoms with E-state index >= 15 is 0 Å². The molecule has 2 aromatic rings. The molecule has 110 valence electrons. The van der Waals surface area contributed by atoms with Crippen molar-refractivity contribution in [1.82, 2.24) is 14.7 Å². The lowest BCUT2D eigenvalue weighted by Gasteiger charge is -2.28. The van der Waals surface area contributed by atoms with Gasteiger partial charge in [0.15, 0.2) is 0 Å². The number of benzene rings is 1. The molecule has 4 rings (SSSR count). The SMILES string of the molecule is C1=CN2CCSN=C2C(c2cnn(Cc3ccccc3)c2)=C1. The number of nitrogens with zero attached hydrogens (tertiary/aromatic N) is 4. The Morgan fingerprint density at radius 3 is 3.00 bits per heavy atom. The molecule has 0 fully saturated rings. The van der Waals surface area contributed by atoms with Crippen LogP contribution in [-0.2, 0) is 6.54 Å². The minimum Gasteiger partial charge on any atom is -0.331 e. The Morgan fingerprint density at radius 2 is 2.09 bits per heavy atom. The molecule has 0 amide bonds. The number of fused-ring (bicyclic) bond motifs is 1. The monoisotopic (exact) mass is 308 g/mol. The Kier molecular flexibility index (Phi) is 3.56. The van der Waals surface area contributed by atoms with Gasteiger partial charge < -0.3 is 4.90 Å². The maximum Gasteiger partial charge on any atom is 0.148 e. The highest BCUT2D eigenvalue weighted by Gasteiger charge is 2.22. The maximum absolute atomic E-state index is 4.61. The largest absolute Gasteiger partial charge is 0.331 e. The van der Waals surface area contributed by atoms with Gasteiger partial charge in [0.1, 0.15) is 5.84 Å². The molecule has 3 heterocycles. The molecule has 2 aliphatic heterocycles. The standard InChI is InChI=1S/C17H16N4S/c1-2-5-14(6-3-1)12-21-13-15(11-18-21)16-7-4-8-20-9-10-22-19-17(16)20/h1-8,11,13H,9-10,12H2. The van der Waals surface area contributed by atoms with Gasteiger partial charge in [0.2, 0.25) is 0 Å². The molecule has 5 heteroatoms. The van der Waals surface area contributed by atoms with Gasteiger partial charge in [-0.25, -0.2) is 0 Å². The van der Waals surface area contributed by atoms with E-state index in [9.17, 15) is 0 Å². The Balaban J connectivity index is 1.60. The topological polar surface area (TPSA) is 33.4 Å². The van der Waals surface area contributed by atoms with Gasteiger partial charge in [-0.05, 0) is 29.7 Å². The number of hydrogen-bond donors (Lipinski definition) is 0. The molecule has 0 atom stereocenters. The minimum atomic E-state index is 0.787. The fourth-order valence-electron chi connectivity index (χ4n) is 2.66. The number of rotatable bonds is 3. The van der Waals surface area contributed by atoms with Crippen LogP contribution in [0.15, 0.2) is 65.5 Å². The number of allylic oxidation sites excluding steroid dienone is 2. The van der Waals surface area contributed by atoms with Crippen molar-refractivity contribution in [1.29, 1.82) is 0 Å². The zero-order valence-corrected chi connectivity index (χ0v) is 12.9. The van der Waals surface area contributed by atoms with Crippen LogP contribution < -0.4 is 0 Å². The second-order valence-corrected chi connectivity index (χ2v) is 6.12. The molecule has 4 nitrogen and oxygen atoms in total. The van der Waals surface area contributed by atoms with Crippen LogP contribution in [0.3, 0.4) is 0 Å². The predicted octanol–water partition coefficient (Wildman–Crippen LogP) is 3.20. The van der Waals surface area contributed by atoms with Gasteiger partial charge in [-0.15, -0.1) is 0 Å². The molecular weight excluding hydrogens is 292 g/mol. The van der Waals surface area contributed by atoms with Gasteiger partial charge in [0.25, 0.3) is 0 Å². The van der Waals surface area contributed by atoms with E-state index in [0.717, 1.165) is 35.8 Å². The quantitative estimate of drug-likeness (QED) is 0.817. The minimum absolute atomic E-state index is 0.787. The molecule has 0 radical (unpaired) electrons. The Hall–Kier alpha value is -2.27. The number of aromatic nitrogens is 2. The summed E-state index contributed by atoms with van der Waals surface area (Å²) in [6.07, 6.45) is 10.3. The van der Waals surface area contributed by atoms with E-state index < -0.39 is 0 Å². The van der Waals surface area contributed by atoms with Crippen molar-refractivity contribution in [2.45, 2.75) is 6.54 Å². The summed E-state index contributed by atoms with van der Waals surface area (Å²) < 4.78 is 6.58. The van der Waals surface area contributed by atoms with Crippen LogP contribution in [0.4, 0.5) is 0 Å². The smallest absolute Gasteiger partial charge is 0.148 e. The molecule has 1 aromatic heterocycles. The summed E-state index contributed by atoms with van der Waals surface area (Å²) in [5.74, 6) is 2.08. The number of amidine groups is 1. The van der Waals surface area contributed by atoms with E-state index in [1.54, 1.807) is 11.9 Å². The van der Waals surface area contributed by atoms with Crippen molar-refractivity contribution >= 4 is 23.4 Å². The van der Waals surface area contributed by atoms with Crippen LogP contribution in [0.1, 0.15) is 11.1 Å². The highest BCUT2D eigenvalue weighted by atomic mass is 32.2. The predicted molar refractivity (Wildman–Crippen MR) is 91.5 cm³/mol. The van der Waals surface area contributed by atoms with Crippen LogP contribution in [0.25, 0.3) is 5.57 Å². The summed E-state index contributed by atoms with van der Waals surface area (Å²) in [5, 5.41) is 4.50. The fraction of sp³-hybridized carbons (Fsp3) is 0.176. The molecule has 1 aromatic carbocycles.